The molecule has 1 aliphatic rings. The van der Waals surface area contributed by atoms with Crippen LogP contribution in [-0.4, -0.2) is 30.4 Å². The summed E-state index contributed by atoms with van der Waals surface area (Å²) in [5.41, 5.74) is 6.02. The highest BCUT2D eigenvalue weighted by atomic mass is 35.5. The lowest BCUT2D eigenvalue weighted by Gasteiger charge is -2.22. The molecule has 0 aliphatic heterocycles. The van der Waals surface area contributed by atoms with Crippen LogP contribution < -0.4 is 26.2 Å². The first-order chi connectivity index (χ1) is 16.0. The van der Waals surface area contributed by atoms with Gasteiger partial charge in [0.05, 0.1) is 0 Å². The van der Waals surface area contributed by atoms with Crippen LogP contribution >= 0.6 is 11.6 Å². The molecule has 33 heavy (non-hydrogen) atoms. The Hall–Kier alpha value is -3.26. The zero-order valence-corrected chi connectivity index (χ0v) is 19.1. The van der Waals surface area contributed by atoms with Crippen molar-refractivity contribution in [3.05, 3.63) is 64.7 Å². The van der Waals surface area contributed by atoms with Crippen molar-refractivity contribution in [1.29, 1.82) is 0 Å². The van der Waals surface area contributed by atoms with Gasteiger partial charge in [-0.15, -0.1) is 0 Å². The molecular formula is C24H29ClN4O4. The van der Waals surface area contributed by atoms with E-state index < -0.39 is 11.8 Å². The van der Waals surface area contributed by atoms with E-state index in [0.717, 1.165) is 31.2 Å². The number of carbonyl (C=O) groups is 3. The number of rotatable bonds is 8. The average Bonchev–Trinajstić information content (AvgIpc) is 2.83. The van der Waals surface area contributed by atoms with Crippen LogP contribution in [0.1, 0.15) is 54.4 Å². The lowest BCUT2D eigenvalue weighted by molar-refractivity contribution is -0.121. The van der Waals surface area contributed by atoms with Crippen molar-refractivity contribution in [2.24, 2.45) is 0 Å². The summed E-state index contributed by atoms with van der Waals surface area (Å²) in [7, 11) is 0. The summed E-state index contributed by atoms with van der Waals surface area (Å²) in [5, 5.41) is 6.23. The first-order valence-electron chi connectivity index (χ1n) is 11.1. The number of carbonyl (C=O) groups excluding carboxylic acids is 3. The number of hydrogen-bond acceptors (Lipinski definition) is 4. The summed E-state index contributed by atoms with van der Waals surface area (Å²) < 4.78 is 5.67. The molecule has 0 aromatic heterocycles. The summed E-state index contributed by atoms with van der Waals surface area (Å²) in [6.07, 6.45) is 5.53. The van der Waals surface area contributed by atoms with Gasteiger partial charge in [0.2, 0.25) is 5.91 Å². The van der Waals surface area contributed by atoms with Crippen LogP contribution in [0.2, 0.25) is 5.02 Å². The fourth-order valence-electron chi connectivity index (χ4n) is 3.48. The third-order valence-electron chi connectivity index (χ3n) is 5.33. The van der Waals surface area contributed by atoms with Crippen molar-refractivity contribution in [1.82, 2.24) is 21.5 Å². The van der Waals surface area contributed by atoms with Crippen molar-refractivity contribution in [2.45, 2.75) is 51.2 Å². The van der Waals surface area contributed by atoms with Gasteiger partial charge < -0.3 is 15.4 Å². The van der Waals surface area contributed by atoms with Crippen LogP contribution in [0, 0.1) is 0 Å². The lowest BCUT2D eigenvalue weighted by atomic mass is 9.96. The molecule has 176 valence electrons. The fourth-order valence-corrected chi connectivity index (χ4v) is 3.61. The smallest absolute Gasteiger partial charge is 0.315 e. The number of ether oxygens (including phenoxy) is 1. The lowest BCUT2D eigenvalue weighted by Crippen LogP contribution is -2.45. The van der Waals surface area contributed by atoms with Gasteiger partial charge in [0.25, 0.3) is 5.91 Å². The van der Waals surface area contributed by atoms with Gasteiger partial charge in [-0.25, -0.2) is 4.79 Å². The van der Waals surface area contributed by atoms with Crippen LogP contribution in [0.3, 0.4) is 0 Å². The van der Waals surface area contributed by atoms with E-state index in [4.69, 9.17) is 16.3 Å². The Morgan fingerprint density at radius 2 is 1.61 bits per heavy atom. The second-order valence-corrected chi connectivity index (χ2v) is 8.36. The number of halogens is 1. The maximum atomic E-state index is 12.2. The first-order valence-corrected chi connectivity index (χ1v) is 11.5. The molecular weight excluding hydrogens is 444 g/mol. The van der Waals surface area contributed by atoms with E-state index in [1.807, 2.05) is 0 Å². The van der Waals surface area contributed by atoms with Gasteiger partial charge in [0.1, 0.15) is 12.4 Å². The minimum Gasteiger partial charge on any atom is -0.489 e. The molecule has 9 heteroatoms. The number of benzene rings is 2. The SMILES string of the molecule is O=C(CCNC(=O)NC1CCCCC1)NNC(=O)c1ccc(COc2ccc(Cl)cc2)cc1. The van der Waals surface area contributed by atoms with Crippen LogP contribution in [0.15, 0.2) is 48.5 Å². The van der Waals surface area contributed by atoms with E-state index in [0.29, 0.717) is 22.9 Å². The van der Waals surface area contributed by atoms with E-state index >= 15 is 0 Å². The maximum absolute atomic E-state index is 12.2. The molecule has 0 bridgehead atoms. The number of amides is 4. The van der Waals surface area contributed by atoms with Crippen LogP contribution in [0.25, 0.3) is 0 Å². The molecule has 3 rings (SSSR count). The van der Waals surface area contributed by atoms with E-state index in [1.165, 1.54) is 6.42 Å². The van der Waals surface area contributed by atoms with Gasteiger partial charge in [0, 0.05) is 29.6 Å². The van der Waals surface area contributed by atoms with Crippen molar-refractivity contribution in [2.75, 3.05) is 6.54 Å². The number of hydrazine groups is 1. The molecule has 2 aromatic carbocycles. The number of hydrogen-bond donors (Lipinski definition) is 4. The molecule has 4 N–H and O–H groups in total. The van der Waals surface area contributed by atoms with Crippen molar-refractivity contribution in [3.8, 4) is 5.75 Å². The van der Waals surface area contributed by atoms with Gasteiger partial charge in [-0.3, -0.25) is 20.4 Å². The maximum Gasteiger partial charge on any atom is 0.315 e. The summed E-state index contributed by atoms with van der Waals surface area (Å²) >= 11 is 5.85. The van der Waals surface area contributed by atoms with Gasteiger partial charge >= 0.3 is 6.03 Å². The van der Waals surface area contributed by atoms with Crippen LogP contribution in [0.5, 0.6) is 5.75 Å². The highest BCUT2D eigenvalue weighted by Crippen LogP contribution is 2.18. The molecule has 1 aliphatic carbocycles. The van der Waals surface area contributed by atoms with Gasteiger partial charge in [-0.1, -0.05) is 43.0 Å². The molecule has 2 aromatic rings. The number of nitrogens with one attached hydrogen (secondary N) is 4. The topological polar surface area (TPSA) is 109 Å². The van der Waals surface area contributed by atoms with Gasteiger partial charge in [-0.05, 0) is 54.8 Å². The Balaban J connectivity index is 1.31. The summed E-state index contributed by atoms with van der Waals surface area (Å²) in [6.45, 7) is 0.532. The third kappa shape index (κ3) is 8.65. The molecule has 0 unspecified atom stereocenters. The molecule has 1 saturated carbocycles. The minimum absolute atomic E-state index is 0.0549. The summed E-state index contributed by atoms with van der Waals surface area (Å²) in [5.74, 6) is -0.129. The fraction of sp³-hybridized carbons (Fsp3) is 0.375. The first kappa shape index (κ1) is 24.4. The van der Waals surface area contributed by atoms with E-state index in [-0.39, 0.29) is 25.0 Å². The molecule has 0 heterocycles. The quantitative estimate of drug-likeness (QED) is 0.439. The summed E-state index contributed by atoms with van der Waals surface area (Å²) in [6, 6.07) is 13.9. The Morgan fingerprint density at radius 3 is 2.30 bits per heavy atom. The highest BCUT2D eigenvalue weighted by molar-refractivity contribution is 6.30. The second-order valence-electron chi connectivity index (χ2n) is 7.93. The second kappa shape index (κ2) is 12.7. The molecule has 0 atom stereocenters. The van der Waals surface area contributed by atoms with Gasteiger partial charge in [0.15, 0.2) is 0 Å². The van der Waals surface area contributed by atoms with Crippen LogP contribution in [-0.2, 0) is 11.4 Å². The predicted octanol–water partition coefficient (Wildman–Crippen LogP) is 3.70. The van der Waals surface area contributed by atoms with E-state index in [2.05, 4.69) is 21.5 Å². The largest absolute Gasteiger partial charge is 0.489 e. The van der Waals surface area contributed by atoms with E-state index in [9.17, 15) is 14.4 Å². The zero-order valence-electron chi connectivity index (χ0n) is 18.4. The summed E-state index contributed by atoms with van der Waals surface area (Å²) in [4.78, 5) is 36.0. The Bertz CT molecular complexity index is 928. The van der Waals surface area contributed by atoms with Crippen LogP contribution in [0.4, 0.5) is 4.79 Å². The van der Waals surface area contributed by atoms with Crippen molar-refractivity contribution >= 4 is 29.4 Å². The van der Waals surface area contributed by atoms with E-state index in [1.54, 1.807) is 48.5 Å². The normalized spacial score (nSPS) is 13.6. The average molecular weight is 473 g/mol. The van der Waals surface area contributed by atoms with Crippen molar-refractivity contribution < 1.29 is 19.1 Å². The van der Waals surface area contributed by atoms with Crippen molar-refractivity contribution in [3.63, 3.8) is 0 Å². The molecule has 0 radical (unpaired) electrons. The standard InChI is InChI=1S/C24H29ClN4O4/c25-19-10-12-21(13-11-19)33-16-17-6-8-18(9-7-17)23(31)29-28-22(30)14-15-26-24(32)27-20-4-2-1-3-5-20/h6-13,20H,1-5,14-16H2,(H,28,30)(H,29,31)(H2,26,27,32). The Labute approximate surface area is 198 Å². The zero-order chi connectivity index (χ0) is 23.5. The minimum atomic E-state index is -0.434. The molecule has 1 fully saturated rings. The molecule has 4 amide bonds. The number of urea groups is 1. The Morgan fingerprint density at radius 1 is 0.909 bits per heavy atom. The predicted molar refractivity (Wildman–Crippen MR) is 126 cm³/mol. The monoisotopic (exact) mass is 472 g/mol. The Kier molecular flexibility index (Phi) is 9.38. The molecule has 0 spiro atoms. The molecule has 8 nitrogen and oxygen atoms in total. The molecule has 0 saturated heterocycles. The van der Waals surface area contributed by atoms with Gasteiger partial charge in [-0.2, -0.15) is 0 Å². The third-order valence-corrected chi connectivity index (χ3v) is 5.58. The highest BCUT2D eigenvalue weighted by Gasteiger charge is 2.15.